The third-order valence-corrected chi connectivity index (χ3v) is 7.09. The molecule has 4 aromatic rings. The van der Waals surface area contributed by atoms with Crippen LogP contribution in [-0.2, 0) is 9.53 Å². The minimum Gasteiger partial charge on any atom is -0.475 e. The summed E-state index contributed by atoms with van der Waals surface area (Å²) < 4.78 is 38.5. The van der Waals surface area contributed by atoms with Gasteiger partial charge in [-0.1, -0.05) is 23.2 Å². The number of aromatic nitrogens is 4. The van der Waals surface area contributed by atoms with Crippen molar-refractivity contribution < 1.29 is 37.5 Å². The number of rotatable bonds is 7. The highest BCUT2D eigenvalue weighted by Crippen LogP contribution is 2.33. The third-order valence-electron chi connectivity index (χ3n) is 6.54. The van der Waals surface area contributed by atoms with Crippen LogP contribution in [0.4, 0.5) is 36.3 Å². The molecule has 5 rings (SSSR count). The number of aliphatic carboxylic acids is 1. The molecule has 46 heavy (non-hydrogen) atoms. The number of halogens is 5. The van der Waals surface area contributed by atoms with Crippen molar-refractivity contribution in [2.45, 2.75) is 32.0 Å². The van der Waals surface area contributed by atoms with Gasteiger partial charge in [-0.25, -0.2) is 24.1 Å². The molecule has 3 aromatic heterocycles. The van der Waals surface area contributed by atoms with E-state index in [1.165, 1.54) is 12.1 Å². The number of piperidine rings is 1. The first kappa shape index (κ1) is 34.0. The van der Waals surface area contributed by atoms with Crippen LogP contribution in [0.15, 0.2) is 42.6 Å². The molecule has 0 radical (unpaired) electrons. The first-order valence-electron chi connectivity index (χ1n) is 13.4. The maximum atomic E-state index is 12.5. The van der Waals surface area contributed by atoms with Crippen LogP contribution in [0.25, 0.3) is 16.8 Å². The van der Waals surface area contributed by atoms with E-state index in [0.29, 0.717) is 51.5 Å². The summed E-state index contributed by atoms with van der Waals surface area (Å²) in [5.74, 6) is -2.38. The predicted octanol–water partition coefficient (Wildman–Crippen LogP) is 5.48. The van der Waals surface area contributed by atoms with Crippen molar-refractivity contribution >= 4 is 63.8 Å². The summed E-state index contributed by atoms with van der Waals surface area (Å²) in [5.41, 5.74) is 7.54. The molecule has 1 fully saturated rings. The first-order chi connectivity index (χ1) is 21.7. The van der Waals surface area contributed by atoms with Crippen LogP contribution in [0.1, 0.15) is 30.3 Å². The number of nitrogens with two attached hydrogens (primary N) is 1. The van der Waals surface area contributed by atoms with Gasteiger partial charge in [0.1, 0.15) is 11.3 Å². The Morgan fingerprint density at radius 3 is 2.54 bits per heavy atom. The van der Waals surface area contributed by atoms with Crippen molar-refractivity contribution in [2.75, 3.05) is 35.6 Å². The molecule has 0 aliphatic carbocycles. The third kappa shape index (κ3) is 8.02. The van der Waals surface area contributed by atoms with E-state index in [9.17, 15) is 28.1 Å². The second-order valence-electron chi connectivity index (χ2n) is 9.74. The summed E-state index contributed by atoms with van der Waals surface area (Å²) in [6, 6.07) is 9.62. The van der Waals surface area contributed by atoms with Gasteiger partial charge in [-0.3, -0.25) is 10.1 Å². The largest absolute Gasteiger partial charge is 0.490 e. The van der Waals surface area contributed by atoms with Gasteiger partial charge in [0.25, 0.3) is 0 Å². The smallest absolute Gasteiger partial charge is 0.475 e. The van der Waals surface area contributed by atoms with Crippen molar-refractivity contribution in [1.82, 2.24) is 19.6 Å². The second kappa shape index (κ2) is 14.0. The predicted molar refractivity (Wildman–Crippen MR) is 162 cm³/mol. The molecular formula is C27H25Cl2F3N8O6. The SMILES string of the molecule is CCOC(=O)c1cc2c(N3CCCC(Nc4ccc([N+](=O)[O-])c(N)n4)C3)nc(-c3ccc(Cl)cc3Cl)cn2n1.O=C(O)C(F)(F)F. The van der Waals surface area contributed by atoms with E-state index in [2.05, 4.69) is 20.3 Å². The van der Waals surface area contributed by atoms with Gasteiger partial charge in [0.05, 0.1) is 28.4 Å². The molecule has 4 heterocycles. The van der Waals surface area contributed by atoms with E-state index in [4.69, 9.17) is 48.6 Å². The Morgan fingerprint density at radius 1 is 1.22 bits per heavy atom. The van der Waals surface area contributed by atoms with Gasteiger partial charge in [-0.05, 0) is 44.0 Å². The molecule has 0 bridgehead atoms. The molecule has 4 N–H and O–H groups in total. The van der Waals surface area contributed by atoms with Crippen LogP contribution >= 0.6 is 23.2 Å². The highest BCUT2D eigenvalue weighted by molar-refractivity contribution is 6.36. The number of nitrogens with zero attached hydrogens (tertiary/aromatic N) is 6. The van der Waals surface area contributed by atoms with Gasteiger partial charge in [0.2, 0.25) is 5.82 Å². The van der Waals surface area contributed by atoms with E-state index < -0.39 is 23.0 Å². The maximum Gasteiger partial charge on any atom is 0.490 e. The number of carboxylic acid groups (broad SMARTS) is 1. The van der Waals surface area contributed by atoms with Gasteiger partial charge in [-0.2, -0.15) is 18.3 Å². The van der Waals surface area contributed by atoms with Crippen LogP contribution < -0.4 is 16.0 Å². The Morgan fingerprint density at radius 2 is 1.93 bits per heavy atom. The summed E-state index contributed by atoms with van der Waals surface area (Å²) in [6.45, 7) is 3.20. The Hall–Kier alpha value is -4.90. The second-order valence-corrected chi connectivity index (χ2v) is 10.6. The Bertz CT molecular complexity index is 1790. The van der Waals surface area contributed by atoms with Gasteiger partial charge in [0.15, 0.2) is 11.5 Å². The lowest BCUT2D eigenvalue weighted by Crippen LogP contribution is -2.43. The number of hydrogen-bond donors (Lipinski definition) is 3. The highest BCUT2D eigenvalue weighted by atomic mass is 35.5. The monoisotopic (exact) mass is 684 g/mol. The fourth-order valence-corrected chi connectivity index (χ4v) is 5.04. The quantitative estimate of drug-likeness (QED) is 0.126. The van der Waals surface area contributed by atoms with Crippen LogP contribution in [0.2, 0.25) is 10.0 Å². The molecule has 0 amide bonds. The molecule has 1 atom stereocenters. The Kier molecular flexibility index (Phi) is 10.4. The average molecular weight is 685 g/mol. The van der Waals surface area contributed by atoms with E-state index in [1.54, 1.807) is 41.9 Å². The number of carbonyl (C=O) groups excluding carboxylic acids is 1. The molecule has 1 aliphatic rings. The topological polar surface area (TPSA) is 191 Å². The van der Waals surface area contributed by atoms with Gasteiger partial charge in [0, 0.05) is 41.9 Å². The molecule has 14 nitrogen and oxygen atoms in total. The Labute approximate surface area is 268 Å². The number of alkyl halides is 3. The fraction of sp³-hybridized carbons (Fsp3) is 0.296. The normalized spacial score (nSPS) is 14.7. The number of pyridine rings is 1. The highest BCUT2D eigenvalue weighted by Gasteiger charge is 2.38. The van der Waals surface area contributed by atoms with Gasteiger partial charge >= 0.3 is 23.8 Å². The van der Waals surface area contributed by atoms with E-state index in [0.717, 1.165) is 12.8 Å². The lowest BCUT2D eigenvalue weighted by atomic mass is 10.1. The standard InChI is InChI=1S/C25H24Cl2N8O4.C2HF3O2/c1-2-39-25(36)18-11-21-24(30-19(13-34(21)32-18)16-6-5-14(26)10-17(16)27)33-9-3-4-15(12-33)29-22-8-7-20(35(37)38)23(28)31-22;3-2(4,5)1(6)7/h5-8,10-11,13,15H,2-4,9,12H2,1H3,(H3,28,29,31);(H,6,7). The zero-order valence-electron chi connectivity index (χ0n) is 23.8. The average Bonchev–Trinajstić information content (AvgIpc) is 3.41. The molecule has 19 heteroatoms. The Balaban J connectivity index is 0.000000617. The van der Waals surface area contributed by atoms with Crippen molar-refractivity contribution in [3.63, 3.8) is 0 Å². The molecule has 244 valence electrons. The zero-order valence-corrected chi connectivity index (χ0v) is 25.3. The number of benzene rings is 1. The summed E-state index contributed by atoms with van der Waals surface area (Å²) in [4.78, 5) is 43.0. The van der Waals surface area contributed by atoms with Crippen molar-refractivity contribution in [3.8, 4) is 11.3 Å². The molecule has 0 spiro atoms. The minimum atomic E-state index is -5.08. The number of nitrogen functional groups attached to an aromatic ring is 1. The van der Waals surface area contributed by atoms with Crippen LogP contribution in [0.5, 0.6) is 0 Å². The van der Waals surface area contributed by atoms with E-state index in [-0.39, 0.29) is 29.8 Å². The van der Waals surface area contributed by atoms with Gasteiger partial charge < -0.3 is 25.8 Å². The fourth-order valence-electron chi connectivity index (χ4n) is 4.54. The lowest BCUT2D eigenvalue weighted by molar-refractivity contribution is -0.384. The summed E-state index contributed by atoms with van der Waals surface area (Å²) in [6.07, 6.45) is -1.71. The van der Waals surface area contributed by atoms with Crippen LogP contribution in [-0.4, -0.2) is 73.5 Å². The van der Waals surface area contributed by atoms with Crippen LogP contribution in [0.3, 0.4) is 0 Å². The number of carbonyl (C=O) groups is 2. The number of nitrogens with one attached hydrogen (secondary N) is 1. The maximum absolute atomic E-state index is 12.5. The summed E-state index contributed by atoms with van der Waals surface area (Å²) in [5, 5.41) is 26.9. The number of nitro groups is 1. The van der Waals surface area contributed by atoms with Crippen molar-refractivity contribution in [2.24, 2.45) is 0 Å². The minimum absolute atomic E-state index is 0.0517. The number of hydrogen-bond acceptors (Lipinski definition) is 11. The summed E-state index contributed by atoms with van der Waals surface area (Å²) >= 11 is 12.6. The van der Waals surface area contributed by atoms with Gasteiger partial charge in [-0.15, -0.1) is 0 Å². The summed E-state index contributed by atoms with van der Waals surface area (Å²) in [7, 11) is 0. The molecule has 1 aromatic carbocycles. The number of fused-ring (bicyclic) bond motifs is 1. The van der Waals surface area contributed by atoms with E-state index >= 15 is 0 Å². The molecule has 1 saturated heterocycles. The molecule has 1 unspecified atom stereocenters. The van der Waals surface area contributed by atoms with E-state index in [1.807, 2.05) is 0 Å². The number of anilines is 3. The zero-order chi connectivity index (χ0) is 33.8. The first-order valence-corrected chi connectivity index (χ1v) is 14.2. The van der Waals surface area contributed by atoms with Crippen molar-refractivity contribution in [3.05, 3.63) is 68.4 Å². The molecular weight excluding hydrogens is 660 g/mol. The van der Waals surface area contributed by atoms with Crippen molar-refractivity contribution in [1.29, 1.82) is 0 Å². The number of ether oxygens (including phenoxy) is 1. The number of esters is 1. The van der Waals surface area contributed by atoms with Crippen LogP contribution in [0, 0.1) is 10.1 Å². The molecule has 0 saturated carbocycles. The molecule has 1 aliphatic heterocycles. The number of carboxylic acids is 1. The lowest BCUT2D eigenvalue weighted by Gasteiger charge is -2.34.